The van der Waals surface area contributed by atoms with Crippen LogP contribution < -0.4 is 0 Å². The first-order valence-electron chi connectivity index (χ1n) is 7.46. The van der Waals surface area contributed by atoms with Crippen LogP contribution in [0.15, 0.2) is 36.4 Å². The van der Waals surface area contributed by atoms with Gasteiger partial charge in [0.2, 0.25) is 0 Å². The normalized spacial score (nSPS) is 24.8. The predicted octanol–water partition coefficient (Wildman–Crippen LogP) is 4.74. The first kappa shape index (κ1) is 11.5. The standard InChI is InChI=1S/C18H20O/c1-13-12-19-18(10-4-5-11-18)16-9-8-14-6-2-3-7-15(14)17(13)16/h2-3,6-9,13H,4-5,10-12H2,1H3. The molecule has 0 aromatic heterocycles. The van der Waals surface area contributed by atoms with Crippen LogP contribution in [0.1, 0.15) is 49.7 Å². The van der Waals surface area contributed by atoms with Crippen LogP contribution >= 0.6 is 0 Å². The summed E-state index contributed by atoms with van der Waals surface area (Å²) in [4.78, 5) is 0. The Hall–Kier alpha value is -1.34. The van der Waals surface area contributed by atoms with Crippen LogP contribution in [0.2, 0.25) is 0 Å². The van der Waals surface area contributed by atoms with Crippen LogP contribution in [-0.2, 0) is 10.3 Å². The SMILES string of the molecule is CC1COC2(CCCC2)c2ccc3ccccc3c21. The fraction of sp³-hybridized carbons (Fsp3) is 0.444. The van der Waals surface area contributed by atoms with Crippen molar-refractivity contribution in [1.82, 2.24) is 0 Å². The lowest BCUT2D eigenvalue weighted by Gasteiger charge is -2.39. The quantitative estimate of drug-likeness (QED) is 0.658. The second-order valence-electron chi connectivity index (χ2n) is 6.16. The number of hydrogen-bond acceptors (Lipinski definition) is 1. The Labute approximate surface area is 114 Å². The molecular formula is C18H20O. The molecule has 1 atom stereocenters. The van der Waals surface area contributed by atoms with Gasteiger partial charge in [0, 0.05) is 5.92 Å². The van der Waals surface area contributed by atoms with E-state index < -0.39 is 0 Å². The fourth-order valence-corrected chi connectivity index (χ4v) is 4.03. The summed E-state index contributed by atoms with van der Waals surface area (Å²) in [6, 6.07) is 13.4. The molecule has 0 saturated heterocycles. The highest BCUT2D eigenvalue weighted by Gasteiger charge is 2.42. The fourth-order valence-electron chi connectivity index (χ4n) is 4.03. The minimum Gasteiger partial charge on any atom is -0.370 e. The molecule has 0 radical (unpaired) electrons. The van der Waals surface area contributed by atoms with E-state index in [4.69, 9.17) is 4.74 Å². The number of rotatable bonds is 0. The van der Waals surface area contributed by atoms with Crippen molar-refractivity contribution in [2.75, 3.05) is 6.61 Å². The van der Waals surface area contributed by atoms with Crippen LogP contribution in [-0.4, -0.2) is 6.61 Å². The molecule has 0 bridgehead atoms. The van der Waals surface area contributed by atoms with Crippen LogP contribution in [0.4, 0.5) is 0 Å². The van der Waals surface area contributed by atoms with Gasteiger partial charge in [-0.15, -0.1) is 0 Å². The average molecular weight is 252 g/mol. The predicted molar refractivity (Wildman–Crippen MR) is 78.5 cm³/mol. The molecule has 98 valence electrons. The highest BCUT2D eigenvalue weighted by Crippen LogP contribution is 2.49. The lowest BCUT2D eigenvalue weighted by atomic mass is 9.79. The van der Waals surface area contributed by atoms with E-state index in [0.29, 0.717) is 5.92 Å². The Morgan fingerprint density at radius 1 is 1.05 bits per heavy atom. The maximum absolute atomic E-state index is 6.31. The number of hydrogen-bond donors (Lipinski definition) is 0. The van der Waals surface area contributed by atoms with E-state index in [1.165, 1.54) is 42.0 Å². The highest BCUT2D eigenvalue weighted by atomic mass is 16.5. The second kappa shape index (κ2) is 4.08. The zero-order chi connectivity index (χ0) is 12.9. The van der Waals surface area contributed by atoms with Crippen molar-refractivity contribution in [1.29, 1.82) is 0 Å². The zero-order valence-electron chi connectivity index (χ0n) is 11.5. The van der Waals surface area contributed by atoms with E-state index in [1.54, 1.807) is 5.56 Å². The third-order valence-electron chi connectivity index (χ3n) is 4.98. The molecule has 1 fully saturated rings. The third-order valence-corrected chi connectivity index (χ3v) is 4.98. The first-order valence-corrected chi connectivity index (χ1v) is 7.46. The van der Waals surface area contributed by atoms with Crippen molar-refractivity contribution in [3.63, 3.8) is 0 Å². The molecule has 1 spiro atoms. The van der Waals surface area contributed by atoms with Gasteiger partial charge in [-0.3, -0.25) is 0 Å². The van der Waals surface area contributed by atoms with Gasteiger partial charge in [-0.05, 0) is 34.7 Å². The molecule has 19 heavy (non-hydrogen) atoms. The Morgan fingerprint density at radius 3 is 2.68 bits per heavy atom. The maximum atomic E-state index is 6.31. The second-order valence-corrected chi connectivity index (χ2v) is 6.16. The topological polar surface area (TPSA) is 9.23 Å². The van der Waals surface area contributed by atoms with Gasteiger partial charge in [-0.2, -0.15) is 0 Å². The van der Waals surface area contributed by atoms with E-state index in [1.807, 2.05) is 0 Å². The molecule has 1 saturated carbocycles. The third kappa shape index (κ3) is 1.58. The first-order chi connectivity index (χ1) is 9.30. The van der Waals surface area contributed by atoms with E-state index in [-0.39, 0.29) is 5.60 Å². The highest BCUT2D eigenvalue weighted by molar-refractivity contribution is 5.87. The minimum absolute atomic E-state index is 0.0336. The number of ether oxygens (including phenoxy) is 1. The molecule has 1 nitrogen and oxygen atoms in total. The molecule has 1 aliphatic carbocycles. The number of fused-ring (bicyclic) bond motifs is 4. The van der Waals surface area contributed by atoms with Crippen LogP contribution in [0.3, 0.4) is 0 Å². The molecule has 1 heterocycles. The lowest BCUT2D eigenvalue weighted by Crippen LogP contribution is -2.34. The zero-order valence-corrected chi connectivity index (χ0v) is 11.5. The molecule has 0 N–H and O–H groups in total. The monoisotopic (exact) mass is 252 g/mol. The summed E-state index contributed by atoms with van der Waals surface area (Å²) in [6.07, 6.45) is 5.01. The Morgan fingerprint density at radius 2 is 1.84 bits per heavy atom. The molecule has 0 amide bonds. The molecule has 1 unspecified atom stereocenters. The van der Waals surface area contributed by atoms with Gasteiger partial charge in [0.25, 0.3) is 0 Å². The van der Waals surface area contributed by atoms with Crippen molar-refractivity contribution >= 4 is 10.8 Å². The van der Waals surface area contributed by atoms with E-state index in [0.717, 1.165) is 6.61 Å². The van der Waals surface area contributed by atoms with Crippen molar-refractivity contribution < 1.29 is 4.74 Å². The summed E-state index contributed by atoms with van der Waals surface area (Å²) in [5.41, 5.74) is 3.06. The minimum atomic E-state index is 0.0336. The summed E-state index contributed by atoms with van der Waals surface area (Å²) in [6.45, 7) is 3.17. The molecule has 2 aliphatic rings. The van der Waals surface area contributed by atoms with Gasteiger partial charge in [0.05, 0.1) is 12.2 Å². The Bertz CT molecular complexity index is 623. The van der Waals surface area contributed by atoms with E-state index in [2.05, 4.69) is 43.3 Å². The van der Waals surface area contributed by atoms with Crippen molar-refractivity contribution in [3.8, 4) is 0 Å². The van der Waals surface area contributed by atoms with Crippen molar-refractivity contribution in [2.45, 2.75) is 44.1 Å². The van der Waals surface area contributed by atoms with E-state index in [9.17, 15) is 0 Å². The van der Waals surface area contributed by atoms with Gasteiger partial charge >= 0.3 is 0 Å². The lowest BCUT2D eigenvalue weighted by molar-refractivity contribution is -0.0631. The molecular weight excluding hydrogens is 232 g/mol. The van der Waals surface area contributed by atoms with Crippen molar-refractivity contribution in [3.05, 3.63) is 47.5 Å². The summed E-state index contributed by atoms with van der Waals surface area (Å²) in [7, 11) is 0. The summed E-state index contributed by atoms with van der Waals surface area (Å²) in [5, 5.41) is 2.80. The molecule has 2 aromatic rings. The Balaban J connectivity index is 2.02. The smallest absolute Gasteiger partial charge is 0.0934 e. The number of benzene rings is 2. The summed E-state index contributed by atoms with van der Waals surface area (Å²) in [5.74, 6) is 0.507. The largest absolute Gasteiger partial charge is 0.370 e. The summed E-state index contributed by atoms with van der Waals surface area (Å²) >= 11 is 0. The van der Waals surface area contributed by atoms with Gasteiger partial charge in [0.1, 0.15) is 0 Å². The van der Waals surface area contributed by atoms with Gasteiger partial charge in [-0.25, -0.2) is 0 Å². The van der Waals surface area contributed by atoms with Gasteiger partial charge in [0.15, 0.2) is 0 Å². The molecule has 1 heteroatoms. The van der Waals surface area contributed by atoms with Gasteiger partial charge < -0.3 is 4.74 Å². The van der Waals surface area contributed by atoms with Crippen LogP contribution in [0.5, 0.6) is 0 Å². The average Bonchev–Trinajstić information content (AvgIpc) is 2.92. The van der Waals surface area contributed by atoms with Crippen LogP contribution in [0.25, 0.3) is 10.8 Å². The Kier molecular flexibility index (Phi) is 2.46. The maximum Gasteiger partial charge on any atom is 0.0934 e. The molecule has 4 rings (SSSR count). The van der Waals surface area contributed by atoms with Crippen LogP contribution in [0, 0.1) is 0 Å². The van der Waals surface area contributed by atoms with Crippen molar-refractivity contribution in [2.24, 2.45) is 0 Å². The van der Waals surface area contributed by atoms with Gasteiger partial charge in [-0.1, -0.05) is 56.2 Å². The molecule has 1 aliphatic heterocycles. The van der Waals surface area contributed by atoms with E-state index >= 15 is 0 Å². The summed E-state index contributed by atoms with van der Waals surface area (Å²) < 4.78 is 6.31. The molecule has 2 aromatic carbocycles.